The van der Waals surface area contributed by atoms with E-state index in [1.807, 2.05) is 6.92 Å². The topological polar surface area (TPSA) is 100 Å². The molecule has 10 heteroatoms. The minimum absolute atomic E-state index is 0.0415. The van der Waals surface area contributed by atoms with E-state index in [4.69, 9.17) is 9.47 Å². The number of hydrogen-bond donors (Lipinski definition) is 3. The summed E-state index contributed by atoms with van der Waals surface area (Å²) in [5.74, 6) is -2.44. The summed E-state index contributed by atoms with van der Waals surface area (Å²) in [7, 11) is 0. The van der Waals surface area contributed by atoms with Gasteiger partial charge in [0.1, 0.15) is 11.6 Å². The van der Waals surface area contributed by atoms with Gasteiger partial charge in [-0.15, -0.1) is 0 Å². The number of carbonyl (C=O) groups excluding carboxylic acids is 2. The summed E-state index contributed by atoms with van der Waals surface area (Å²) < 4.78 is 38.9. The Balaban J connectivity index is 1.65. The lowest BCUT2D eigenvalue weighted by Gasteiger charge is -2.29. The lowest BCUT2D eigenvalue weighted by molar-refractivity contribution is -0.129. The molecule has 37 heavy (non-hydrogen) atoms. The van der Waals surface area contributed by atoms with E-state index in [9.17, 15) is 23.5 Å². The maximum absolute atomic E-state index is 13.9. The number of halogens is 2. The standard InChI is InChI=1S/C27H41F2N3O5/c1-3-5-9-37-22-15-23(30-16-22)26(34)24(12-18-10-20(28)14-21(29)11-18)31-27(35)19-13-25(33)32(17-19)7-6-8-36-4-2/h10-11,14,19,22-24,26,30,34H,3-9,12-13,15-17H2,1-2H3,(H,31,35)/t19?,22-,23-,24+,26-/m1/s1. The van der Waals surface area contributed by atoms with Crippen molar-refractivity contribution in [3.63, 3.8) is 0 Å². The maximum atomic E-state index is 13.9. The summed E-state index contributed by atoms with van der Waals surface area (Å²) >= 11 is 0. The smallest absolute Gasteiger partial charge is 0.225 e. The number of amides is 2. The van der Waals surface area contributed by atoms with E-state index in [2.05, 4.69) is 17.6 Å². The van der Waals surface area contributed by atoms with Crippen LogP contribution in [0.4, 0.5) is 8.78 Å². The molecule has 0 aliphatic carbocycles. The van der Waals surface area contributed by atoms with Gasteiger partial charge in [-0.1, -0.05) is 13.3 Å². The van der Waals surface area contributed by atoms with Crippen molar-refractivity contribution in [2.45, 2.75) is 76.7 Å². The van der Waals surface area contributed by atoms with Gasteiger partial charge in [0, 0.05) is 58.0 Å². The van der Waals surface area contributed by atoms with Crippen LogP contribution < -0.4 is 10.6 Å². The zero-order valence-electron chi connectivity index (χ0n) is 21.9. The predicted octanol–water partition coefficient (Wildman–Crippen LogP) is 2.18. The molecule has 2 aliphatic rings. The molecule has 0 aromatic heterocycles. The Kier molecular flexibility index (Phi) is 11.7. The molecule has 2 heterocycles. The van der Waals surface area contributed by atoms with Crippen LogP contribution in [0.15, 0.2) is 18.2 Å². The average Bonchev–Trinajstić information content (AvgIpc) is 3.47. The van der Waals surface area contributed by atoms with Gasteiger partial charge in [-0.05, 0) is 50.3 Å². The van der Waals surface area contributed by atoms with Gasteiger partial charge in [-0.2, -0.15) is 0 Å². The lowest BCUT2D eigenvalue weighted by Crippen LogP contribution is -2.53. The molecule has 5 atom stereocenters. The number of aliphatic hydroxyl groups is 1. The van der Waals surface area contributed by atoms with Gasteiger partial charge >= 0.3 is 0 Å². The highest BCUT2D eigenvalue weighted by atomic mass is 19.1. The fraction of sp³-hybridized carbons (Fsp3) is 0.704. The van der Waals surface area contributed by atoms with Gasteiger partial charge in [0.05, 0.1) is 24.2 Å². The molecule has 2 fully saturated rings. The van der Waals surface area contributed by atoms with Crippen LogP contribution in [0.3, 0.4) is 0 Å². The summed E-state index contributed by atoms with van der Waals surface area (Å²) in [5.41, 5.74) is 0.329. The molecule has 1 unspecified atom stereocenters. The third-order valence-electron chi connectivity index (χ3n) is 7.01. The van der Waals surface area contributed by atoms with E-state index in [0.717, 1.165) is 18.9 Å². The Morgan fingerprint density at radius 3 is 2.68 bits per heavy atom. The molecular formula is C27H41F2N3O5. The molecule has 3 rings (SSSR count). The molecule has 0 bridgehead atoms. The van der Waals surface area contributed by atoms with Crippen molar-refractivity contribution in [3.05, 3.63) is 35.4 Å². The lowest BCUT2D eigenvalue weighted by atomic mass is 9.94. The van der Waals surface area contributed by atoms with Gasteiger partial charge in [0.2, 0.25) is 11.8 Å². The molecular weight excluding hydrogens is 484 g/mol. The summed E-state index contributed by atoms with van der Waals surface area (Å²) in [5, 5.41) is 17.4. The first-order chi connectivity index (χ1) is 17.8. The SMILES string of the molecule is CCCCO[C@H]1CN[C@@H]([C@@H](O)[C@H](Cc2cc(F)cc(F)c2)NC(=O)C2CC(=O)N(CCCOCC)C2)C1. The van der Waals surface area contributed by atoms with Crippen LogP contribution in [0.5, 0.6) is 0 Å². The first-order valence-electron chi connectivity index (χ1n) is 13.4. The number of benzene rings is 1. The third-order valence-corrected chi connectivity index (χ3v) is 7.01. The molecule has 3 N–H and O–H groups in total. The molecule has 2 aliphatic heterocycles. The van der Waals surface area contributed by atoms with E-state index >= 15 is 0 Å². The zero-order valence-corrected chi connectivity index (χ0v) is 21.9. The first-order valence-corrected chi connectivity index (χ1v) is 13.4. The maximum Gasteiger partial charge on any atom is 0.225 e. The summed E-state index contributed by atoms with van der Waals surface area (Å²) in [6, 6.07) is 2.03. The number of rotatable bonds is 15. The van der Waals surface area contributed by atoms with Crippen LogP contribution in [0.1, 0.15) is 51.5 Å². The van der Waals surface area contributed by atoms with Gasteiger partial charge in [-0.3, -0.25) is 9.59 Å². The molecule has 2 amide bonds. The fourth-order valence-corrected chi connectivity index (χ4v) is 5.00. The number of aliphatic hydroxyl groups excluding tert-OH is 1. The van der Waals surface area contributed by atoms with Crippen LogP contribution >= 0.6 is 0 Å². The number of likely N-dealkylation sites (tertiary alicyclic amines) is 1. The van der Waals surface area contributed by atoms with Crippen molar-refractivity contribution in [3.8, 4) is 0 Å². The Bertz CT molecular complexity index is 869. The van der Waals surface area contributed by atoms with Crippen LogP contribution in [0.25, 0.3) is 0 Å². The van der Waals surface area contributed by atoms with E-state index in [-0.39, 0.29) is 36.8 Å². The molecule has 208 valence electrons. The highest BCUT2D eigenvalue weighted by molar-refractivity contribution is 5.89. The summed E-state index contributed by atoms with van der Waals surface area (Å²) in [4.78, 5) is 27.3. The van der Waals surface area contributed by atoms with Crippen LogP contribution in [0.2, 0.25) is 0 Å². The van der Waals surface area contributed by atoms with Crippen molar-refractivity contribution in [1.29, 1.82) is 0 Å². The predicted molar refractivity (Wildman–Crippen MR) is 135 cm³/mol. The highest BCUT2D eigenvalue weighted by Crippen LogP contribution is 2.22. The molecule has 0 saturated carbocycles. The second-order valence-electron chi connectivity index (χ2n) is 9.98. The second kappa shape index (κ2) is 14.7. The molecule has 2 saturated heterocycles. The van der Waals surface area contributed by atoms with Crippen molar-refractivity contribution >= 4 is 11.8 Å². The van der Waals surface area contributed by atoms with Crippen molar-refractivity contribution in [1.82, 2.24) is 15.5 Å². The Morgan fingerprint density at radius 1 is 1.22 bits per heavy atom. The Labute approximate surface area is 218 Å². The summed E-state index contributed by atoms with van der Waals surface area (Å²) in [6.07, 6.45) is 2.29. The fourth-order valence-electron chi connectivity index (χ4n) is 5.00. The van der Waals surface area contributed by atoms with Gasteiger partial charge in [-0.25, -0.2) is 8.78 Å². The van der Waals surface area contributed by atoms with E-state index in [1.165, 1.54) is 12.1 Å². The first kappa shape index (κ1) is 29.4. The molecule has 1 aromatic rings. The Hall–Kier alpha value is -2.14. The van der Waals surface area contributed by atoms with Gasteiger partial charge in [0.15, 0.2) is 0 Å². The molecule has 0 spiro atoms. The molecule has 0 radical (unpaired) electrons. The zero-order chi connectivity index (χ0) is 26.8. The number of carbonyl (C=O) groups is 2. The number of ether oxygens (including phenoxy) is 2. The highest BCUT2D eigenvalue weighted by Gasteiger charge is 2.38. The van der Waals surface area contributed by atoms with Crippen molar-refractivity contribution in [2.75, 3.05) is 39.5 Å². The second-order valence-corrected chi connectivity index (χ2v) is 9.98. The van der Waals surface area contributed by atoms with Crippen LogP contribution in [-0.2, 0) is 25.5 Å². The van der Waals surface area contributed by atoms with Crippen LogP contribution in [-0.4, -0.2) is 85.6 Å². The van der Waals surface area contributed by atoms with E-state index in [1.54, 1.807) is 4.90 Å². The van der Waals surface area contributed by atoms with E-state index in [0.29, 0.717) is 57.9 Å². The number of nitrogens with one attached hydrogen (secondary N) is 2. The average molecular weight is 526 g/mol. The normalized spacial score (nSPS) is 23.4. The summed E-state index contributed by atoms with van der Waals surface area (Å²) in [6.45, 7) is 7.19. The number of unbranched alkanes of at least 4 members (excludes halogenated alkanes) is 1. The number of hydrogen-bond acceptors (Lipinski definition) is 6. The minimum Gasteiger partial charge on any atom is -0.389 e. The monoisotopic (exact) mass is 525 g/mol. The van der Waals surface area contributed by atoms with Crippen LogP contribution in [0, 0.1) is 17.6 Å². The Morgan fingerprint density at radius 2 is 1.97 bits per heavy atom. The minimum atomic E-state index is -1.02. The van der Waals surface area contributed by atoms with E-state index < -0.39 is 29.7 Å². The molecule has 8 nitrogen and oxygen atoms in total. The third kappa shape index (κ3) is 8.98. The van der Waals surface area contributed by atoms with Crippen molar-refractivity contribution < 1.29 is 33.0 Å². The quantitative estimate of drug-likeness (QED) is 0.304. The van der Waals surface area contributed by atoms with Gasteiger partial charge in [0.25, 0.3) is 0 Å². The largest absolute Gasteiger partial charge is 0.389 e. The number of nitrogens with zero attached hydrogens (tertiary/aromatic N) is 1. The van der Waals surface area contributed by atoms with Gasteiger partial charge < -0.3 is 30.1 Å². The molecule has 1 aromatic carbocycles. The van der Waals surface area contributed by atoms with Crippen molar-refractivity contribution in [2.24, 2.45) is 5.92 Å².